The first-order valence-electron chi connectivity index (χ1n) is 15.3. The Bertz CT molecular complexity index is 939. The minimum atomic E-state index is -0.962. The molecule has 0 aromatic carbocycles. The normalized spacial score (nSPS) is 17.3. The van der Waals surface area contributed by atoms with Crippen LogP contribution in [-0.4, -0.2) is 78.0 Å². The Morgan fingerprint density at radius 1 is 0.952 bits per heavy atom. The van der Waals surface area contributed by atoms with Crippen LogP contribution >= 0.6 is 0 Å². The maximum Gasteiger partial charge on any atom is 0.316 e. The highest BCUT2D eigenvalue weighted by atomic mass is 16.2. The molecule has 2 rings (SSSR count). The largest absolute Gasteiger partial charge is 0.347 e. The Kier molecular flexibility index (Phi) is 17.6. The number of ketones is 2. The monoisotopic (exact) mass is 593 g/mol. The molecule has 11 heteroatoms. The highest BCUT2D eigenvalue weighted by molar-refractivity contribution is 6.37. The summed E-state index contributed by atoms with van der Waals surface area (Å²) in [5.74, 6) is -2.72. The Balaban J connectivity index is 0.00000315. The van der Waals surface area contributed by atoms with E-state index in [1.54, 1.807) is 20.8 Å². The predicted octanol–water partition coefficient (Wildman–Crippen LogP) is 3.13. The summed E-state index contributed by atoms with van der Waals surface area (Å²) in [5.41, 5.74) is -0.689. The molecule has 0 aromatic rings. The zero-order valence-corrected chi connectivity index (χ0v) is 27.2. The Hall–Kier alpha value is -3.24. The van der Waals surface area contributed by atoms with E-state index in [0.717, 1.165) is 12.8 Å². The highest BCUT2D eigenvalue weighted by Crippen LogP contribution is 2.32. The third-order valence-corrected chi connectivity index (χ3v) is 6.55. The zero-order valence-electron chi connectivity index (χ0n) is 27.2. The van der Waals surface area contributed by atoms with Gasteiger partial charge in [-0.1, -0.05) is 74.8 Å². The summed E-state index contributed by atoms with van der Waals surface area (Å²) in [4.78, 5) is 77.0. The van der Waals surface area contributed by atoms with E-state index >= 15 is 0 Å². The van der Waals surface area contributed by atoms with Gasteiger partial charge in [-0.05, 0) is 37.0 Å². The second-order valence-electron chi connectivity index (χ2n) is 11.9. The van der Waals surface area contributed by atoms with Crippen LogP contribution in [0.5, 0.6) is 0 Å². The van der Waals surface area contributed by atoms with E-state index in [0.29, 0.717) is 19.4 Å². The van der Waals surface area contributed by atoms with Crippen LogP contribution in [0.25, 0.3) is 0 Å². The SMILES string of the molecule is C=CCNC(=O)C(=O)CNC(=O)C1CCCN1C(=O)C(NC(=O)NC(C(=O)C1CC1)C(C)C)C(C)(C)C.CC.CCC. The van der Waals surface area contributed by atoms with Gasteiger partial charge in [0.15, 0.2) is 5.78 Å². The molecule has 1 aliphatic carbocycles. The van der Waals surface area contributed by atoms with Crippen molar-refractivity contribution in [1.82, 2.24) is 26.2 Å². The number of nitrogens with one attached hydrogen (secondary N) is 4. The quantitative estimate of drug-likeness (QED) is 0.201. The third-order valence-electron chi connectivity index (χ3n) is 6.55. The first-order valence-corrected chi connectivity index (χ1v) is 15.3. The summed E-state index contributed by atoms with van der Waals surface area (Å²) < 4.78 is 0. The van der Waals surface area contributed by atoms with Crippen molar-refractivity contribution in [2.24, 2.45) is 17.3 Å². The maximum absolute atomic E-state index is 13.6. The van der Waals surface area contributed by atoms with Crippen molar-refractivity contribution in [2.45, 2.75) is 113 Å². The minimum Gasteiger partial charge on any atom is -0.347 e. The van der Waals surface area contributed by atoms with Crippen molar-refractivity contribution in [3.05, 3.63) is 12.7 Å². The molecule has 2 fully saturated rings. The van der Waals surface area contributed by atoms with Gasteiger partial charge in [-0.3, -0.25) is 24.0 Å². The molecule has 0 bridgehead atoms. The standard InChI is InChI=1S/C26H41N5O6.C3H8.C2H6/c1-7-12-27-23(35)18(32)14-28-22(34)17-9-8-13-31(17)24(36)21(26(4,5)6)30-25(37)29-19(15(2)3)20(33)16-10-11-16;1-3-2;1-2/h7,15-17,19,21H,1,8-14H2,2-6H3,(H,27,35)(H,28,34)(H2,29,30,37);3H2,1-2H3;1-2H3. The molecule has 3 unspecified atom stereocenters. The highest BCUT2D eigenvalue weighted by Gasteiger charge is 2.43. The van der Waals surface area contributed by atoms with Gasteiger partial charge in [0.05, 0.1) is 12.6 Å². The lowest BCUT2D eigenvalue weighted by Crippen LogP contribution is -2.60. The van der Waals surface area contributed by atoms with Crippen LogP contribution in [0.2, 0.25) is 0 Å². The van der Waals surface area contributed by atoms with Crippen LogP contribution in [0.15, 0.2) is 12.7 Å². The van der Waals surface area contributed by atoms with E-state index in [1.165, 1.54) is 17.4 Å². The van der Waals surface area contributed by atoms with Crippen LogP contribution in [0.4, 0.5) is 4.79 Å². The fraction of sp³-hybridized carbons (Fsp3) is 0.742. The number of rotatable bonds is 12. The van der Waals surface area contributed by atoms with E-state index in [4.69, 9.17) is 0 Å². The van der Waals surface area contributed by atoms with E-state index in [-0.39, 0.29) is 24.2 Å². The molecule has 4 N–H and O–H groups in total. The molecule has 42 heavy (non-hydrogen) atoms. The molecule has 0 spiro atoms. The first-order chi connectivity index (χ1) is 19.7. The van der Waals surface area contributed by atoms with Gasteiger partial charge < -0.3 is 26.2 Å². The number of Topliss-reactive ketones (excluding diaryl/α,β-unsaturated/α-hetero) is 2. The van der Waals surface area contributed by atoms with Crippen molar-refractivity contribution >= 4 is 35.3 Å². The van der Waals surface area contributed by atoms with Crippen molar-refractivity contribution in [2.75, 3.05) is 19.6 Å². The molecule has 1 saturated carbocycles. The van der Waals surface area contributed by atoms with Gasteiger partial charge in [-0.2, -0.15) is 0 Å². The smallest absolute Gasteiger partial charge is 0.316 e. The Labute approximate surface area is 252 Å². The van der Waals surface area contributed by atoms with Gasteiger partial charge in [0, 0.05) is 19.0 Å². The van der Waals surface area contributed by atoms with E-state index in [2.05, 4.69) is 41.7 Å². The second kappa shape index (κ2) is 19.0. The number of hydrogen-bond acceptors (Lipinski definition) is 6. The summed E-state index contributed by atoms with van der Waals surface area (Å²) in [6, 6.07) is -3.05. The van der Waals surface area contributed by atoms with Crippen LogP contribution in [0, 0.1) is 17.3 Å². The molecule has 0 radical (unpaired) electrons. The number of amides is 5. The molecule has 1 heterocycles. The summed E-state index contributed by atoms with van der Waals surface area (Å²) in [7, 11) is 0. The second-order valence-corrected chi connectivity index (χ2v) is 11.9. The van der Waals surface area contributed by atoms with Gasteiger partial charge in [-0.15, -0.1) is 6.58 Å². The van der Waals surface area contributed by atoms with Crippen molar-refractivity contribution < 1.29 is 28.8 Å². The van der Waals surface area contributed by atoms with Gasteiger partial charge >= 0.3 is 6.03 Å². The lowest BCUT2D eigenvalue weighted by molar-refractivity contribution is -0.142. The predicted molar refractivity (Wildman–Crippen MR) is 165 cm³/mol. The van der Waals surface area contributed by atoms with Crippen LogP contribution in [-0.2, 0) is 24.0 Å². The summed E-state index contributed by atoms with van der Waals surface area (Å²) >= 11 is 0. The molecule has 3 atom stereocenters. The maximum atomic E-state index is 13.6. The number of likely N-dealkylation sites (tertiary alicyclic amines) is 1. The molecule has 240 valence electrons. The van der Waals surface area contributed by atoms with Crippen LogP contribution < -0.4 is 21.3 Å². The Morgan fingerprint density at radius 3 is 2.00 bits per heavy atom. The summed E-state index contributed by atoms with van der Waals surface area (Å²) in [6.07, 6.45) is 5.31. The van der Waals surface area contributed by atoms with Crippen LogP contribution in [0.3, 0.4) is 0 Å². The molecular formula is C31H55N5O6. The molecule has 0 aromatic heterocycles. The summed E-state index contributed by atoms with van der Waals surface area (Å²) in [5, 5.41) is 10.3. The third kappa shape index (κ3) is 12.7. The van der Waals surface area contributed by atoms with Gasteiger partial charge in [0.1, 0.15) is 12.1 Å². The number of hydrogen-bond donors (Lipinski definition) is 4. The van der Waals surface area contributed by atoms with E-state index in [9.17, 15) is 28.8 Å². The number of carbonyl (C=O) groups is 6. The van der Waals surface area contributed by atoms with Crippen LogP contribution in [0.1, 0.15) is 94.4 Å². The number of urea groups is 1. The van der Waals surface area contributed by atoms with Gasteiger partial charge in [-0.25, -0.2) is 4.79 Å². The fourth-order valence-corrected chi connectivity index (χ4v) is 4.25. The number of nitrogens with zero attached hydrogens (tertiary/aromatic N) is 1. The van der Waals surface area contributed by atoms with Gasteiger partial charge in [0.2, 0.25) is 17.6 Å². The van der Waals surface area contributed by atoms with Crippen molar-refractivity contribution in [1.29, 1.82) is 0 Å². The molecule has 1 saturated heterocycles. The fourth-order valence-electron chi connectivity index (χ4n) is 4.25. The zero-order chi connectivity index (χ0) is 32.6. The topological polar surface area (TPSA) is 154 Å². The number of carbonyl (C=O) groups excluding carboxylic acids is 6. The summed E-state index contributed by atoms with van der Waals surface area (Å²) in [6.45, 7) is 20.8. The first kappa shape index (κ1) is 38.8. The molecule has 2 aliphatic rings. The van der Waals surface area contributed by atoms with E-state index in [1.807, 2.05) is 27.7 Å². The van der Waals surface area contributed by atoms with Gasteiger partial charge in [0.25, 0.3) is 5.91 Å². The van der Waals surface area contributed by atoms with E-state index < -0.39 is 59.6 Å². The average molecular weight is 594 g/mol. The lowest BCUT2D eigenvalue weighted by Gasteiger charge is -2.35. The molecule has 11 nitrogen and oxygen atoms in total. The lowest BCUT2D eigenvalue weighted by atomic mass is 9.85. The molecule has 1 aliphatic heterocycles. The average Bonchev–Trinajstić information content (AvgIpc) is 3.67. The van der Waals surface area contributed by atoms with Crippen molar-refractivity contribution in [3.63, 3.8) is 0 Å². The minimum absolute atomic E-state index is 0.00721. The molecule has 5 amide bonds. The molecular weight excluding hydrogens is 538 g/mol. The van der Waals surface area contributed by atoms with Crippen molar-refractivity contribution in [3.8, 4) is 0 Å². The Morgan fingerprint density at radius 2 is 1.52 bits per heavy atom.